The Morgan fingerprint density at radius 1 is 1.59 bits per heavy atom. The number of anilines is 2. The van der Waals surface area contributed by atoms with E-state index < -0.39 is 0 Å². The fraction of sp³-hybridized carbons (Fsp3) is 0.583. The number of hydrogen-bond donors (Lipinski definition) is 2. The molecule has 3 rings (SSSR count). The molecule has 92 valence electrons. The molecular weight excluding hydrogens is 232 g/mol. The molecule has 2 aliphatic heterocycles. The lowest BCUT2D eigenvalue weighted by atomic mass is 10.1. The normalized spacial score (nSPS) is 23.8. The minimum absolute atomic E-state index is 0.576. The van der Waals surface area contributed by atoms with Crippen LogP contribution in [0.5, 0.6) is 0 Å². The molecule has 3 heterocycles. The Kier molecular flexibility index (Phi) is 2.88. The first-order valence-corrected chi connectivity index (χ1v) is 7.11. The Morgan fingerprint density at radius 3 is 3.35 bits per heavy atom. The summed E-state index contributed by atoms with van der Waals surface area (Å²) in [5.41, 5.74) is 7.04. The van der Waals surface area contributed by atoms with Gasteiger partial charge in [0.25, 0.3) is 0 Å². The van der Waals surface area contributed by atoms with Crippen molar-refractivity contribution in [1.29, 1.82) is 0 Å². The van der Waals surface area contributed by atoms with Gasteiger partial charge in [-0.15, -0.1) is 11.8 Å². The second-order valence-corrected chi connectivity index (χ2v) is 5.84. The van der Waals surface area contributed by atoms with Crippen molar-refractivity contribution in [3.05, 3.63) is 11.6 Å². The molecule has 0 saturated carbocycles. The van der Waals surface area contributed by atoms with Gasteiger partial charge in [0.1, 0.15) is 11.6 Å². The number of nitrogens with zero attached hydrogens (tertiary/aromatic N) is 2. The highest BCUT2D eigenvalue weighted by Crippen LogP contribution is 2.36. The number of rotatable bonds is 0. The molecule has 0 spiro atoms. The fourth-order valence-corrected chi connectivity index (χ4v) is 3.67. The minimum atomic E-state index is 0.576. The number of piperazine rings is 1. The van der Waals surface area contributed by atoms with Gasteiger partial charge in [0.05, 0.1) is 4.90 Å². The number of nitrogens with two attached hydrogens (primary N) is 1. The van der Waals surface area contributed by atoms with Crippen LogP contribution in [0.1, 0.15) is 12.0 Å². The van der Waals surface area contributed by atoms with E-state index in [9.17, 15) is 0 Å². The van der Waals surface area contributed by atoms with E-state index in [1.165, 1.54) is 17.1 Å². The number of pyridine rings is 1. The zero-order chi connectivity index (χ0) is 11.8. The topological polar surface area (TPSA) is 54.2 Å². The van der Waals surface area contributed by atoms with Crippen LogP contribution < -0.4 is 16.0 Å². The molecule has 0 unspecified atom stereocenters. The molecule has 0 aliphatic carbocycles. The molecule has 1 saturated heterocycles. The maximum Gasteiger partial charge on any atom is 0.145 e. The van der Waals surface area contributed by atoms with Crippen LogP contribution >= 0.6 is 11.8 Å². The number of nitrogens with one attached hydrogen (secondary N) is 1. The third kappa shape index (κ3) is 1.98. The summed E-state index contributed by atoms with van der Waals surface area (Å²) < 4.78 is 0. The van der Waals surface area contributed by atoms with Gasteiger partial charge in [-0.05, 0) is 25.0 Å². The molecule has 0 bridgehead atoms. The first-order chi connectivity index (χ1) is 8.25. The Bertz CT molecular complexity index is 435. The second kappa shape index (κ2) is 4.38. The Labute approximate surface area is 106 Å². The van der Waals surface area contributed by atoms with E-state index in [1.807, 2.05) is 18.7 Å². The average Bonchev–Trinajstić information content (AvgIpc) is 2.50. The zero-order valence-corrected chi connectivity index (χ0v) is 10.9. The Balaban J connectivity index is 2.05. The number of fused-ring (bicyclic) bond motifs is 3. The smallest absolute Gasteiger partial charge is 0.145 e. The van der Waals surface area contributed by atoms with Gasteiger partial charge in [-0.25, -0.2) is 4.98 Å². The van der Waals surface area contributed by atoms with Gasteiger partial charge in [0.15, 0.2) is 0 Å². The van der Waals surface area contributed by atoms with Gasteiger partial charge in [-0.1, -0.05) is 0 Å². The van der Waals surface area contributed by atoms with Crippen LogP contribution in [0.2, 0.25) is 0 Å². The van der Waals surface area contributed by atoms with Crippen molar-refractivity contribution < 1.29 is 0 Å². The average molecular weight is 250 g/mol. The van der Waals surface area contributed by atoms with Gasteiger partial charge in [0, 0.05) is 31.4 Å². The van der Waals surface area contributed by atoms with Crippen LogP contribution in [0.15, 0.2) is 11.0 Å². The molecule has 5 heteroatoms. The van der Waals surface area contributed by atoms with Crippen LogP contribution in [-0.2, 0) is 0 Å². The summed E-state index contributed by atoms with van der Waals surface area (Å²) in [4.78, 5) is 8.34. The number of thioether (sulfide) groups is 1. The molecule has 4 nitrogen and oxygen atoms in total. The summed E-state index contributed by atoms with van der Waals surface area (Å²) in [6, 6.07) is 2.76. The first-order valence-electron chi connectivity index (χ1n) is 6.13. The number of nitrogen functional groups attached to an aromatic ring is 1. The standard InChI is InChI=1S/C12H18N4S/c1-8-6-10-12(15-11(8)13)16-4-3-14-7-9(16)2-5-17-10/h6,9,14H,2-5,7H2,1H3,(H2,13,15)/t9-/m0/s1. The summed E-state index contributed by atoms with van der Waals surface area (Å²) in [6.07, 6.45) is 1.22. The van der Waals surface area contributed by atoms with Crippen molar-refractivity contribution in [2.24, 2.45) is 0 Å². The first kappa shape index (κ1) is 11.2. The molecule has 0 amide bonds. The molecule has 0 aromatic carbocycles. The van der Waals surface area contributed by atoms with E-state index in [-0.39, 0.29) is 0 Å². The highest BCUT2D eigenvalue weighted by Gasteiger charge is 2.28. The molecule has 1 fully saturated rings. The highest BCUT2D eigenvalue weighted by atomic mass is 32.2. The van der Waals surface area contributed by atoms with Gasteiger partial charge >= 0.3 is 0 Å². The maximum atomic E-state index is 5.95. The fourth-order valence-electron chi connectivity index (χ4n) is 2.51. The third-order valence-corrected chi connectivity index (χ3v) is 4.58. The van der Waals surface area contributed by atoms with Gasteiger partial charge in [-0.2, -0.15) is 0 Å². The lowest BCUT2D eigenvalue weighted by molar-refractivity contribution is 0.465. The predicted molar refractivity (Wildman–Crippen MR) is 72.7 cm³/mol. The molecule has 1 aromatic heterocycles. The van der Waals surface area contributed by atoms with Crippen molar-refractivity contribution in [2.75, 3.05) is 36.0 Å². The van der Waals surface area contributed by atoms with Gasteiger partial charge in [0.2, 0.25) is 0 Å². The maximum absolute atomic E-state index is 5.95. The van der Waals surface area contributed by atoms with Gasteiger partial charge < -0.3 is 16.0 Å². The van der Waals surface area contributed by atoms with Crippen LogP contribution in [0, 0.1) is 6.92 Å². The lowest BCUT2D eigenvalue weighted by Crippen LogP contribution is -2.51. The summed E-state index contributed by atoms with van der Waals surface area (Å²) in [7, 11) is 0. The molecular formula is C12H18N4S. The van der Waals surface area contributed by atoms with Crippen LogP contribution in [0.25, 0.3) is 0 Å². The zero-order valence-electron chi connectivity index (χ0n) is 10.1. The molecule has 1 aromatic rings. The highest BCUT2D eigenvalue weighted by molar-refractivity contribution is 7.99. The van der Waals surface area contributed by atoms with E-state index in [4.69, 9.17) is 5.73 Å². The number of aryl methyl sites for hydroxylation is 1. The molecule has 17 heavy (non-hydrogen) atoms. The largest absolute Gasteiger partial charge is 0.383 e. The number of hydrogen-bond acceptors (Lipinski definition) is 5. The Hall–Kier alpha value is -0.940. The quantitative estimate of drug-likeness (QED) is 0.726. The molecule has 1 atom stereocenters. The Morgan fingerprint density at radius 2 is 2.47 bits per heavy atom. The predicted octanol–water partition coefficient (Wildman–Crippen LogP) is 1.25. The van der Waals surface area contributed by atoms with E-state index in [0.717, 1.165) is 31.0 Å². The summed E-state index contributed by atoms with van der Waals surface area (Å²) in [6.45, 7) is 5.17. The van der Waals surface area contributed by atoms with Crippen molar-refractivity contribution in [3.8, 4) is 0 Å². The lowest BCUT2D eigenvalue weighted by Gasteiger charge is -2.36. The van der Waals surface area contributed by atoms with Crippen LogP contribution in [0.3, 0.4) is 0 Å². The van der Waals surface area contributed by atoms with E-state index >= 15 is 0 Å². The minimum Gasteiger partial charge on any atom is -0.383 e. The second-order valence-electron chi connectivity index (χ2n) is 4.70. The van der Waals surface area contributed by atoms with Crippen molar-refractivity contribution >= 4 is 23.4 Å². The van der Waals surface area contributed by atoms with Crippen molar-refractivity contribution in [1.82, 2.24) is 10.3 Å². The summed E-state index contributed by atoms with van der Waals surface area (Å²) >= 11 is 1.91. The van der Waals surface area contributed by atoms with E-state index in [1.54, 1.807) is 0 Å². The molecule has 2 aliphatic rings. The van der Waals surface area contributed by atoms with Crippen LogP contribution in [0.4, 0.5) is 11.6 Å². The van der Waals surface area contributed by atoms with Gasteiger partial charge in [-0.3, -0.25) is 0 Å². The molecule has 3 N–H and O–H groups in total. The van der Waals surface area contributed by atoms with Crippen LogP contribution in [-0.4, -0.2) is 36.4 Å². The SMILES string of the molecule is Cc1cc2c(nc1N)N1CCNC[C@@H]1CCS2. The van der Waals surface area contributed by atoms with Crippen molar-refractivity contribution in [3.63, 3.8) is 0 Å². The van der Waals surface area contributed by atoms with Crippen molar-refractivity contribution in [2.45, 2.75) is 24.3 Å². The number of aromatic nitrogens is 1. The monoisotopic (exact) mass is 250 g/mol. The van der Waals surface area contributed by atoms with E-state index in [0.29, 0.717) is 11.9 Å². The summed E-state index contributed by atoms with van der Waals surface area (Å²) in [5, 5.41) is 3.46. The molecule has 0 radical (unpaired) electrons. The van der Waals surface area contributed by atoms with E-state index in [2.05, 4.69) is 21.3 Å². The summed E-state index contributed by atoms with van der Waals surface area (Å²) in [5.74, 6) is 2.94. The third-order valence-electron chi connectivity index (χ3n) is 3.53.